The number of rotatable bonds is 6. The largest absolute Gasteiger partial charge is 0.354 e. The van der Waals surface area contributed by atoms with Crippen LogP contribution in [0.25, 0.3) is 21.8 Å². The lowest BCUT2D eigenvalue weighted by Crippen LogP contribution is -1.98. The van der Waals surface area contributed by atoms with Gasteiger partial charge in [0.05, 0.1) is 23.3 Å². The molecule has 0 saturated carbocycles. The second-order valence-corrected chi connectivity index (χ2v) is 8.35. The highest BCUT2D eigenvalue weighted by Crippen LogP contribution is 2.37. The number of hydrogen-bond donors (Lipinski definition) is 1. The standard InChI is InChI=1S/C30H23N5/c1-3-11-22(12-4-1)21-35-28-18-10-9-17-26(28)32-30(35)34-33-29-25-16-8-7-13-23(25)19-20-27(29)31-24-14-5-2-6-15-24/h1-20,31H,21H2. The molecule has 0 fully saturated rings. The summed E-state index contributed by atoms with van der Waals surface area (Å²) in [4.78, 5) is 4.80. The van der Waals surface area contributed by atoms with Gasteiger partial charge in [-0.25, -0.2) is 4.98 Å². The zero-order valence-corrected chi connectivity index (χ0v) is 19.0. The SMILES string of the molecule is c1ccc(Cn2c(N=Nc3c(Nc4ccccc4)ccc4ccccc34)nc3ccccc32)cc1. The molecule has 0 saturated heterocycles. The highest BCUT2D eigenvalue weighted by Gasteiger charge is 2.12. The van der Waals surface area contributed by atoms with Crippen LogP contribution < -0.4 is 5.32 Å². The van der Waals surface area contributed by atoms with Gasteiger partial charge in [0.15, 0.2) is 0 Å². The van der Waals surface area contributed by atoms with Gasteiger partial charge in [0.2, 0.25) is 0 Å². The average Bonchev–Trinajstić information content (AvgIpc) is 3.26. The first-order valence-corrected chi connectivity index (χ1v) is 11.6. The molecule has 0 atom stereocenters. The van der Waals surface area contributed by atoms with Gasteiger partial charge in [-0.1, -0.05) is 91.0 Å². The molecular formula is C30H23N5. The molecule has 0 radical (unpaired) electrons. The lowest BCUT2D eigenvalue weighted by Gasteiger charge is -2.11. The fraction of sp³-hybridized carbons (Fsp3) is 0.0333. The Balaban J connectivity index is 1.46. The van der Waals surface area contributed by atoms with E-state index in [2.05, 4.69) is 52.3 Å². The first kappa shape index (κ1) is 20.8. The van der Waals surface area contributed by atoms with Gasteiger partial charge >= 0.3 is 0 Å². The van der Waals surface area contributed by atoms with Crippen molar-refractivity contribution in [2.45, 2.75) is 6.54 Å². The van der Waals surface area contributed by atoms with E-state index in [0.717, 1.165) is 38.9 Å². The van der Waals surface area contributed by atoms with Crippen molar-refractivity contribution < 1.29 is 0 Å². The third-order valence-corrected chi connectivity index (χ3v) is 6.01. The topological polar surface area (TPSA) is 54.6 Å². The summed E-state index contributed by atoms with van der Waals surface area (Å²) in [5.41, 5.74) is 5.79. The van der Waals surface area contributed by atoms with E-state index in [1.165, 1.54) is 5.56 Å². The quantitative estimate of drug-likeness (QED) is 0.257. The second-order valence-electron chi connectivity index (χ2n) is 8.35. The number of benzene rings is 5. The van der Waals surface area contributed by atoms with Crippen LogP contribution >= 0.6 is 0 Å². The van der Waals surface area contributed by atoms with Crippen molar-refractivity contribution in [2.75, 3.05) is 5.32 Å². The Morgan fingerprint density at radius 2 is 1.37 bits per heavy atom. The van der Waals surface area contributed by atoms with Crippen LogP contribution in [0.3, 0.4) is 0 Å². The van der Waals surface area contributed by atoms with Crippen LogP contribution in [0.1, 0.15) is 5.56 Å². The summed E-state index contributed by atoms with van der Waals surface area (Å²) in [6, 6.07) is 40.9. The molecule has 0 aliphatic heterocycles. The van der Waals surface area contributed by atoms with Crippen LogP contribution in [0.15, 0.2) is 132 Å². The van der Waals surface area contributed by atoms with Crippen molar-refractivity contribution in [3.8, 4) is 0 Å². The van der Waals surface area contributed by atoms with E-state index in [1.807, 2.05) is 78.9 Å². The molecule has 6 aromatic rings. The molecule has 0 amide bonds. The number of anilines is 2. The van der Waals surface area contributed by atoms with E-state index < -0.39 is 0 Å². The predicted octanol–water partition coefficient (Wildman–Crippen LogP) is 8.40. The van der Waals surface area contributed by atoms with Crippen LogP contribution in [-0.4, -0.2) is 9.55 Å². The van der Waals surface area contributed by atoms with E-state index in [-0.39, 0.29) is 0 Å². The monoisotopic (exact) mass is 453 g/mol. The Morgan fingerprint density at radius 3 is 2.23 bits per heavy atom. The molecule has 35 heavy (non-hydrogen) atoms. The van der Waals surface area contributed by atoms with Crippen LogP contribution in [0.4, 0.5) is 23.0 Å². The van der Waals surface area contributed by atoms with Crippen LogP contribution in [0.5, 0.6) is 0 Å². The maximum absolute atomic E-state index is 4.80. The Hall–Kier alpha value is -4.77. The number of nitrogens with one attached hydrogen (secondary N) is 1. The van der Waals surface area contributed by atoms with Crippen molar-refractivity contribution in [1.29, 1.82) is 0 Å². The molecule has 0 aliphatic carbocycles. The van der Waals surface area contributed by atoms with Gasteiger partial charge in [-0.15, -0.1) is 10.2 Å². The van der Waals surface area contributed by atoms with Gasteiger partial charge in [0.25, 0.3) is 5.95 Å². The predicted molar refractivity (Wildman–Crippen MR) is 143 cm³/mol. The van der Waals surface area contributed by atoms with Crippen LogP contribution in [0.2, 0.25) is 0 Å². The minimum atomic E-state index is 0.577. The number of hydrogen-bond acceptors (Lipinski definition) is 4. The molecule has 1 heterocycles. The molecule has 0 bridgehead atoms. The number of aromatic nitrogens is 2. The number of fused-ring (bicyclic) bond motifs is 2. The van der Waals surface area contributed by atoms with Gasteiger partial charge in [-0.3, -0.25) is 0 Å². The van der Waals surface area contributed by atoms with Gasteiger partial charge in [-0.2, -0.15) is 0 Å². The molecule has 1 N–H and O–H groups in total. The van der Waals surface area contributed by atoms with Gasteiger partial charge in [0.1, 0.15) is 5.69 Å². The number of azo groups is 1. The van der Waals surface area contributed by atoms with Crippen LogP contribution in [-0.2, 0) is 6.54 Å². The fourth-order valence-corrected chi connectivity index (χ4v) is 4.30. The lowest BCUT2D eigenvalue weighted by molar-refractivity contribution is 0.816. The Kier molecular flexibility index (Phi) is 5.49. The maximum atomic E-state index is 4.80. The van der Waals surface area contributed by atoms with E-state index in [0.29, 0.717) is 12.5 Å². The zero-order chi connectivity index (χ0) is 23.5. The average molecular weight is 454 g/mol. The van der Waals surface area contributed by atoms with Crippen molar-refractivity contribution in [2.24, 2.45) is 10.2 Å². The molecular weight excluding hydrogens is 430 g/mol. The Bertz CT molecular complexity index is 1640. The summed E-state index contributed by atoms with van der Waals surface area (Å²) < 4.78 is 2.11. The number of nitrogens with zero attached hydrogens (tertiary/aromatic N) is 4. The summed E-state index contributed by atoms with van der Waals surface area (Å²) in [6.07, 6.45) is 0. The van der Waals surface area contributed by atoms with Crippen molar-refractivity contribution in [3.63, 3.8) is 0 Å². The smallest absolute Gasteiger partial charge is 0.250 e. The molecule has 5 heteroatoms. The van der Waals surface area contributed by atoms with Crippen molar-refractivity contribution >= 4 is 44.8 Å². The van der Waals surface area contributed by atoms with E-state index >= 15 is 0 Å². The lowest BCUT2D eigenvalue weighted by atomic mass is 10.1. The molecule has 5 nitrogen and oxygen atoms in total. The van der Waals surface area contributed by atoms with Crippen LogP contribution in [0, 0.1) is 0 Å². The molecule has 0 aliphatic rings. The second kappa shape index (κ2) is 9.23. The minimum Gasteiger partial charge on any atom is -0.354 e. The molecule has 0 spiro atoms. The van der Waals surface area contributed by atoms with Crippen molar-refractivity contribution in [3.05, 3.63) is 127 Å². The van der Waals surface area contributed by atoms with Gasteiger partial charge in [-0.05, 0) is 41.3 Å². The fourth-order valence-electron chi connectivity index (χ4n) is 4.30. The highest BCUT2D eigenvalue weighted by molar-refractivity contribution is 5.99. The summed E-state index contributed by atoms with van der Waals surface area (Å²) in [5, 5.41) is 15.1. The molecule has 6 rings (SSSR count). The first-order chi connectivity index (χ1) is 17.3. The molecule has 168 valence electrons. The van der Waals surface area contributed by atoms with E-state index in [9.17, 15) is 0 Å². The summed E-state index contributed by atoms with van der Waals surface area (Å²) in [7, 11) is 0. The van der Waals surface area contributed by atoms with Crippen molar-refractivity contribution in [1.82, 2.24) is 9.55 Å². The summed E-state index contributed by atoms with van der Waals surface area (Å²) >= 11 is 0. The Morgan fingerprint density at radius 1 is 0.657 bits per heavy atom. The van der Waals surface area contributed by atoms with E-state index in [1.54, 1.807) is 0 Å². The highest BCUT2D eigenvalue weighted by atomic mass is 15.3. The summed E-state index contributed by atoms with van der Waals surface area (Å²) in [5.74, 6) is 0.577. The normalized spacial score (nSPS) is 11.4. The third-order valence-electron chi connectivity index (χ3n) is 6.01. The zero-order valence-electron chi connectivity index (χ0n) is 19.0. The first-order valence-electron chi connectivity index (χ1n) is 11.6. The molecule has 0 unspecified atom stereocenters. The molecule has 5 aromatic carbocycles. The summed E-state index contributed by atoms with van der Waals surface area (Å²) in [6.45, 7) is 0.667. The number of imidazole rings is 1. The maximum Gasteiger partial charge on any atom is 0.250 e. The minimum absolute atomic E-state index is 0.577. The third kappa shape index (κ3) is 4.27. The number of para-hydroxylation sites is 3. The molecule has 1 aromatic heterocycles. The van der Waals surface area contributed by atoms with E-state index in [4.69, 9.17) is 15.2 Å². The van der Waals surface area contributed by atoms with Gasteiger partial charge < -0.3 is 9.88 Å². The Labute approximate surface area is 203 Å². The van der Waals surface area contributed by atoms with Gasteiger partial charge in [0, 0.05) is 11.1 Å².